The second-order valence-corrected chi connectivity index (χ2v) is 7.68. The van der Waals surface area contributed by atoms with Crippen molar-refractivity contribution in [2.75, 3.05) is 25.0 Å². The predicted octanol–water partition coefficient (Wildman–Crippen LogP) is 3.50. The highest BCUT2D eigenvalue weighted by Gasteiger charge is 2.24. The molecule has 2 aromatic rings. The zero-order valence-corrected chi connectivity index (χ0v) is 17.1. The minimum absolute atomic E-state index is 0.356. The van der Waals surface area contributed by atoms with Crippen LogP contribution >= 0.6 is 15.9 Å². The van der Waals surface area contributed by atoms with Crippen molar-refractivity contribution in [3.8, 4) is 0 Å². The molecule has 0 radical (unpaired) electrons. The van der Waals surface area contributed by atoms with Crippen molar-refractivity contribution < 1.29 is 4.52 Å². The van der Waals surface area contributed by atoms with Gasteiger partial charge in [0.05, 0.1) is 17.9 Å². The number of para-hydroxylation sites is 1. The summed E-state index contributed by atoms with van der Waals surface area (Å²) < 4.78 is 6.50. The molecule has 140 valence electrons. The van der Waals surface area contributed by atoms with E-state index in [9.17, 15) is 0 Å². The number of nitrogens with one attached hydrogen (secondary N) is 2. The lowest BCUT2D eigenvalue weighted by Gasteiger charge is -2.21. The second-order valence-electron chi connectivity index (χ2n) is 6.83. The van der Waals surface area contributed by atoms with E-state index in [0.717, 1.165) is 41.4 Å². The Labute approximate surface area is 163 Å². The first-order chi connectivity index (χ1) is 12.6. The van der Waals surface area contributed by atoms with Crippen LogP contribution in [0.25, 0.3) is 0 Å². The molecule has 0 bridgehead atoms. The van der Waals surface area contributed by atoms with E-state index in [1.54, 1.807) is 7.05 Å². The molecule has 1 aromatic heterocycles. The van der Waals surface area contributed by atoms with Gasteiger partial charge in [-0.05, 0) is 40.4 Å². The summed E-state index contributed by atoms with van der Waals surface area (Å²) in [5.74, 6) is 1.97. The highest BCUT2D eigenvalue weighted by atomic mass is 79.9. The number of anilines is 1. The molecule has 1 unspecified atom stereocenters. The fourth-order valence-corrected chi connectivity index (χ4v) is 3.58. The van der Waals surface area contributed by atoms with Crippen molar-refractivity contribution >= 4 is 27.6 Å². The van der Waals surface area contributed by atoms with Gasteiger partial charge in [0.15, 0.2) is 11.7 Å². The minimum atomic E-state index is 0.356. The predicted molar refractivity (Wildman–Crippen MR) is 109 cm³/mol. The molecule has 7 heteroatoms. The molecule has 1 saturated heterocycles. The number of rotatable bonds is 5. The lowest BCUT2D eigenvalue weighted by Crippen LogP contribution is -2.44. The van der Waals surface area contributed by atoms with Crippen molar-refractivity contribution in [3.63, 3.8) is 0 Å². The number of hydrogen-bond acceptors (Lipinski definition) is 4. The van der Waals surface area contributed by atoms with Gasteiger partial charge >= 0.3 is 0 Å². The van der Waals surface area contributed by atoms with E-state index in [1.165, 1.54) is 5.69 Å². The Morgan fingerprint density at radius 3 is 2.92 bits per heavy atom. The fraction of sp³-hybridized carbons (Fsp3) is 0.474. The van der Waals surface area contributed by atoms with Crippen LogP contribution in [-0.2, 0) is 6.54 Å². The van der Waals surface area contributed by atoms with E-state index >= 15 is 0 Å². The number of aromatic nitrogens is 1. The molecule has 3 rings (SSSR count). The molecule has 2 heterocycles. The third kappa shape index (κ3) is 4.58. The number of halogens is 1. The van der Waals surface area contributed by atoms with Gasteiger partial charge in [0, 0.05) is 36.7 Å². The van der Waals surface area contributed by atoms with Crippen LogP contribution in [0.2, 0.25) is 0 Å². The average molecular weight is 420 g/mol. The summed E-state index contributed by atoms with van der Waals surface area (Å²) in [6, 6.07) is 10.7. The Morgan fingerprint density at radius 2 is 2.23 bits per heavy atom. The Kier molecular flexibility index (Phi) is 6.19. The normalized spacial score (nSPS) is 17.8. The highest BCUT2D eigenvalue weighted by Crippen LogP contribution is 2.28. The molecule has 6 nitrogen and oxygen atoms in total. The van der Waals surface area contributed by atoms with Crippen LogP contribution in [-0.4, -0.2) is 37.3 Å². The van der Waals surface area contributed by atoms with Gasteiger partial charge in [0.1, 0.15) is 0 Å². The summed E-state index contributed by atoms with van der Waals surface area (Å²) in [5.41, 5.74) is 2.22. The first-order valence-electron chi connectivity index (χ1n) is 8.99. The topological polar surface area (TPSA) is 65.7 Å². The van der Waals surface area contributed by atoms with E-state index in [1.807, 2.05) is 12.1 Å². The van der Waals surface area contributed by atoms with Crippen LogP contribution in [0.1, 0.15) is 37.6 Å². The van der Waals surface area contributed by atoms with Gasteiger partial charge in [-0.1, -0.05) is 31.1 Å². The smallest absolute Gasteiger partial charge is 0.191 e. The van der Waals surface area contributed by atoms with Gasteiger partial charge < -0.3 is 20.1 Å². The number of benzene rings is 1. The van der Waals surface area contributed by atoms with Crippen LogP contribution in [0.3, 0.4) is 0 Å². The second kappa shape index (κ2) is 8.58. The fourth-order valence-electron chi connectivity index (χ4n) is 3.05. The van der Waals surface area contributed by atoms with Crippen molar-refractivity contribution in [2.24, 2.45) is 4.99 Å². The van der Waals surface area contributed by atoms with Gasteiger partial charge in [0.2, 0.25) is 0 Å². The van der Waals surface area contributed by atoms with E-state index in [2.05, 4.69) is 73.7 Å². The molecular weight excluding hydrogens is 394 g/mol. The average Bonchev–Trinajstić information content (AvgIpc) is 3.28. The van der Waals surface area contributed by atoms with Crippen LogP contribution in [0.15, 0.2) is 44.3 Å². The number of hydrogen-bond donors (Lipinski definition) is 2. The Bertz CT molecular complexity index is 758. The molecular formula is C19H26BrN5O. The Balaban J connectivity index is 1.52. The summed E-state index contributed by atoms with van der Waals surface area (Å²) in [6.07, 6.45) is 1.07. The molecule has 1 aliphatic heterocycles. The maximum Gasteiger partial charge on any atom is 0.191 e. The Hall–Kier alpha value is -2.02. The van der Waals surface area contributed by atoms with Crippen LogP contribution in [0.4, 0.5) is 5.69 Å². The number of guanidine groups is 1. The summed E-state index contributed by atoms with van der Waals surface area (Å²) in [6.45, 7) is 6.75. The largest absolute Gasteiger partial charge is 0.368 e. The molecule has 0 amide bonds. The standard InChI is InChI=1S/C19H26BrN5O/c1-13(2)17-10-15(26-24-17)11-22-19(21-3)23-14-8-9-25(12-14)18-7-5-4-6-16(18)20/h4-7,10,13-14H,8-9,11-12H2,1-3H3,(H2,21,22,23). The van der Waals surface area contributed by atoms with Crippen molar-refractivity contribution in [2.45, 2.75) is 38.8 Å². The maximum absolute atomic E-state index is 5.37. The maximum atomic E-state index is 5.37. The zero-order chi connectivity index (χ0) is 18.5. The molecule has 0 saturated carbocycles. The molecule has 1 aliphatic rings. The van der Waals surface area contributed by atoms with E-state index in [4.69, 9.17) is 4.52 Å². The summed E-state index contributed by atoms with van der Waals surface area (Å²) in [7, 11) is 1.79. The van der Waals surface area contributed by atoms with Gasteiger partial charge in [0.25, 0.3) is 0 Å². The molecule has 0 spiro atoms. The SMILES string of the molecule is CN=C(NCc1cc(C(C)C)no1)NC1CCN(c2ccccc2Br)C1. The summed E-state index contributed by atoms with van der Waals surface area (Å²) in [5, 5.41) is 10.9. The molecule has 2 N–H and O–H groups in total. The van der Waals surface area contributed by atoms with Crippen molar-refractivity contribution in [1.29, 1.82) is 0 Å². The molecule has 26 heavy (non-hydrogen) atoms. The van der Waals surface area contributed by atoms with Gasteiger partial charge in [-0.15, -0.1) is 0 Å². The number of aliphatic imine (C=N–C) groups is 1. The summed E-state index contributed by atoms with van der Waals surface area (Å²) >= 11 is 3.64. The number of nitrogens with zero attached hydrogens (tertiary/aromatic N) is 3. The molecule has 0 aliphatic carbocycles. The first-order valence-corrected chi connectivity index (χ1v) is 9.78. The molecule has 1 fully saturated rings. The lowest BCUT2D eigenvalue weighted by atomic mass is 10.1. The van der Waals surface area contributed by atoms with E-state index in [-0.39, 0.29) is 0 Å². The quantitative estimate of drug-likeness (QED) is 0.573. The molecule has 1 aromatic carbocycles. The third-order valence-electron chi connectivity index (χ3n) is 4.54. The Morgan fingerprint density at radius 1 is 1.42 bits per heavy atom. The molecule has 1 atom stereocenters. The van der Waals surface area contributed by atoms with E-state index in [0.29, 0.717) is 18.5 Å². The van der Waals surface area contributed by atoms with E-state index < -0.39 is 0 Å². The van der Waals surface area contributed by atoms with Crippen molar-refractivity contribution in [3.05, 3.63) is 46.3 Å². The van der Waals surface area contributed by atoms with Crippen LogP contribution in [0, 0.1) is 0 Å². The van der Waals surface area contributed by atoms with Gasteiger partial charge in [-0.3, -0.25) is 4.99 Å². The summed E-state index contributed by atoms with van der Waals surface area (Å²) in [4.78, 5) is 6.72. The minimum Gasteiger partial charge on any atom is -0.368 e. The van der Waals surface area contributed by atoms with Crippen LogP contribution in [0.5, 0.6) is 0 Å². The van der Waals surface area contributed by atoms with Gasteiger partial charge in [-0.2, -0.15) is 0 Å². The highest BCUT2D eigenvalue weighted by molar-refractivity contribution is 9.10. The van der Waals surface area contributed by atoms with Crippen LogP contribution < -0.4 is 15.5 Å². The third-order valence-corrected chi connectivity index (χ3v) is 5.22. The zero-order valence-electron chi connectivity index (χ0n) is 15.5. The lowest BCUT2D eigenvalue weighted by molar-refractivity contribution is 0.371. The first kappa shape index (κ1) is 18.8. The van der Waals surface area contributed by atoms with Gasteiger partial charge in [-0.25, -0.2) is 0 Å². The monoisotopic (exact) mass is 419 g/mol. The van der Waals surface area contributed by atoms with Crippen molar-refractivity contribution in [1.82, 2.24) is 15.8 Å².